The molecule has 0 radical (unpaired) electrons. The summed E-state index contributed by atoms with van der Waals surface area (Å²) in [7, 11) is 0. The molecule has 2 rings (SSSR count). The van der Waals surface area contributed by atoms with Gasteiger partial charge in [-0.2, -0.15) is 0 Å². The first-order valence-electron chi connectivity index (χ1n) is 6.22. The lowest BCUT2D eigenvalue weighted by atomic mass is 10.3. The molecule has 0 bridgehead atoms. The second-order valence-corrected chi connectivity index (χ2v) is 4.60. The Hall–Kier alpha value is -1.51. The molecular formula is C11H18N4O4. The van der Waals surface area contributed by atoms with E-state index in [-0.39, 0.29) is 12.4 Å². The standard InChI is InChI=1S/C11H18N4O4/c1-9-12-6-11(15(17)18)14(9)8-10(16)7-13-2-4-19-5-3-13/h6,10,16H,2-5,7-8H2,1H3/t10-/m1/s1. The van der Waals surface area contributed by atoms with Gasteiger partial charge in [-0.1, -0.05) is 0 Å². The van der Waals surface area contributed by atoms with E-state index in [1.165, 1.54) is 10.8 Å². The lowest BCUT2D eigenvalue weighted by Gasteiger charge is -2.28. The molecule has 106 valence electrons. The number of morpholine rings is 1. The van der Waals surface area contributed by atoms with Crippen molar-refractivity contribution in [3.8, 4) is 0 Å². The Morgan fingerprint density at radius 2 is 2.21 bits per heavy atom. The number of hydrogen-bond acceptors (Lipinski definition) is 6. The van der Waals surface area contributed by atoms with E-state index < -0.39 is 11.0 Å². The van der Waals surface area contributed by atoms with Crippen molar-refractivity contribution in [2.45, 2.75) is 19.6 Å². The average Bonchev–Trinajstić information content (AvgIpc) is 2.72. The summed E-state index contributed by atoms with van der Waals surface area (Å²) in [4.78, 5) is 16.4. The van der Waals surface area contributed by atoms with E-state index in [1.807, 2.05) is 0 Å². The fourth-order valence-electron chi connectivity index (χ4n) is 2.18. The highest BCUT2D eigenvalue weighted by molar-refractivity contribution is 5.18. The Balaban J connectivity index is 1.96. The van der Waals surface area contributed by atoms with Gasteiger partial charge in [0.15, 0.2) is 5.82 Å². The maximum absolute atomic E-state index is 10.8. The van der Waals surface area contributed by atoms with Gasteiger partial charge < -0.3 is 20.0 Å². The maximum atomic E-state index is 10.8. The predicted octanol–water partition coefficient (Wildman–Crippen LogP) is -0.207. The van der Waals surface area contributed by atoms with Crippen molar-refractivity contribution in [2.75, 3.05) is 32.8 Å². The third-order valence-corrected chi connectivity index (χ3v) is 3.19. The van der Waals surface area contributed by atoms with Gasteiger partial charge >= 0.3 is 5.82 Å². The Kier molecular flexibility index (Phi) is 4.46. The van der Waals surface area contributed by atoms with Gasteiger partial charge in [-0.25, -0.2) is 9.55 Å². The molecule has 1 aromatic heterocycles. The van der Waals surface area contributed by atoms with Gasteiger partial charge in [0, 0.05) is 26.6 Å². The summed E-state index contributed by atoms with van der Waals surface area (Å²) in [5.41, 5.74) is 0. The van der Waals surface area contributed by atoms with Crippen LogP contribution < -0.4 is 0 Å². The van der Waals surface area contributed by atoms with E-state index in [2.05, 4.69) is 9.88 Å². The second-order valence-electron chi connectivity index (χ2n) is 4.60. The van der Waals surface area contributed by atoms with E-state index in [0.29, 0.717) is 25.6 Å². The maximum Gasteiger partial charge on any atom is 0.342 e. The Labute approximate surface area is 110 Å². The highest BCUT2D eigenvalue weighted by Gasteiger charge is 2.22. The minimum atomic E-state index is -0.662. The van der Waals surface area contributed by atoms with Crippen LogP contribution in [0.3, 0.4) is 0 Å². The number of nitrogens with zero attached hydrogens (tertiary/aromatic N) is 4. The predicted molar refractivity (Wildman–Crippen MR) is 66.9 cm³/mol. The molecule has 0 aromatic carbocycles. The lowest BCUT2D eigenvalue weighted by Crippen LogP contribution is -2.42. The average molecular weight is 270 g/mol. The van der Waals surface area contributed by atoms with Crippen LogP contribution >= 0.6 is 0 Å². The summed E-state index contributed by atoms with van der Waals surface area (Å²) < 4.78 is 6.66. The number of aliphatic hydroxyl groups excluding tert-OH is 1. The van der Waals surface area contributed by atoms with Crippen LogP contribution in [-0.2, 0) is 11.3 Å². The van der Waals surface area contributed by atoms with Crippen molar-refractivity contribution in [1.82, 2.24) is 14.5 Å². The summed E-state index contributed by atoms with van der Waals surface area (Å²) >= 11 is 0. The van der Waals surface area contributed by atoms with Gasteiger partial charge in [0.05, 0.1) is 13.2 Å². The number of nitro groups is 1. The highest BCUT2D eigenvalue weighted by Crippen LogP contribution is 2.14. The Morgan fingerprint density at radius 3 is 2.84 bits per heavy atom. The molecule has 0 unspecified atom stereocenters. The van der Waals surface area contributed by atoms with E-state index >= 15 is 0 Å². The van der Waals surface area contributed by atoms with Crippen LogP contribution in [0.2, 0.25) is 0 Å². The number of ether oxygens (including phenoxy) is 1. The highest BCUT2D eigenvalue weighted by atomic mass is 16.6. The molecule has 8 nitrogen and oxygen atoms in total. The van der Waals surface area contributed by atoms with E-state index in [9.17, 15) is 15.2 Å². The molecule has 0 spiro atoms. The zero-order valence-electron chi connectivity index (χ0n) is 10.9. The molecule has 0 amide bonds. The van der Waals surface area contributed by atoms with E-state index in [1.54, 1.807) is 6.92 Å². The summed E-state index contributed by atoms with van der Waals surface area (Å²) in [5, 5.41) is 20.9. The van der Waals surface area contributed by atoms with Crippen LogP contribution in [-0.4, -0.2) is 63.4 Å². The zero-order valence-corrected chi connectivity index (χ0v) is 10.9. The molecule has 1 fully saturated rings. The molecule has 8 heteroatoms. The summed E-state index contributed by atoms with van der Waals surface area (Å²) in [6.45, 7) is 5.24. The van der Waals surface area contributed by atoms with Crippen LogP contribution in [0.25, 0.3) is 0 Å². The first-order chi connectivity index (χ1) is 9.08. The van der Waals surface area contributed by atoms with E-state index in [4.69, 9.17) is 4.74 Å². The topological polar surface area (TPSA) is 93.7 Å². The number of aryl methyl sites for hydroxylation is 1. The van der Waals surface area contributed by atoms with Crippen LogP contribution in [0.5, 0.6) is 0 Å². The molecule has 0 aliphatic carbocycles. The monoisotopic (exact) mass is 270 g/mol. The van der Waals surface area contributed by atoms with E-state index in [0.717, 1.165) is 13.1 Å². The quantitative estimate of drug-likeness (QED) is 0.588. The first-order valence-corrected chi connectivity index (χ1v) is 6.22. The van der Waals surface area contributed by atoms with Gasteiger partial charge in [-0.05, 0) is 4.92 Å². The fraction of sp³-hybridized carbons (Fsp3) is 0.727. The van der Waals surface area contributed by atoms with Crippen LogP contribution in [0, 0.1) is 17.0 Å². The van der Waals surface area contributed by atoms with Crippen molar-refractivity contribution in [1.29, 1.82) is 0 Å². The molecule has 1 aliphatic rings. The smallest absolute Gasteiger partial charge is 0.342 e. The van der Waals surface area contributed by atoms with Crippen molar-refractivity contribution in [2.24, 2.45) is 0 Å². The number of aliphatic hydroxyl groups is 1. The lowest BCUT2D eigenvalue weighted by molar-refractivity contribution is -0.392. The molecule has 19 heavy (non-hydrogen) atoms. The molecule has 1 N–H and O–H groups in total. The van der Waals surface area contributed by atoms with Gasteiger partial charge in [-0.15, -0.1) is 0 Å². The number of β-amino-alcohol motifs (C(OH)–C–C–N with tert-alkyl or cyclic N) is 1. The molecule has 0 saturated carbocycles. The third kappa shape index (κ3) is 3.49. The SMILES string of the molecule is Cc1ncc([N+](=O)[O-])n1C[C@H](O)CN1CCOCC1. The van der Waals surface area contributed by atoms with Crippen molar-refractivity contribution in [3.05, 3.63) is 22.1 Å². The minimum absolute atomic E-state index is 0.0847. The van der Waals surface area contributed by atoms with Crippen LogP contribution in [0.4, 0.5) is 5.82 Å². The fourth-order valence-corrected chi connectivity index (χ4v) is 2.18. The molecule has 1 atom stereocenters. The van der Waals surface area contributed by atoms with Gasteiger partial charge in [-0.3, -0.25) is 4.90 Å². The van der Waals surface area contributed by atoms with Crippen LogP contribution in [0.15, 0.2) is 6.20 Å². The summed E-state index contributed by atoms with van der Waals surface area (Å²) in [6.07, 6.45) is 0.557. The van der Waals surface area contributed by atoms with Gasteiger partial charge in [0.2, 0.25) is 0 Å². The second kappa shape index (κ2) is 6.09. The summed E-state index contributed by atoms with van der Waals surface area (Å²) in [5.74, 6) is 0.450. The number of aromatic nitrogens is 2. The normalized spacial score (nSPS) is 18.4. The molecule has 1 saturated heterocycles. The number of hydrogen-bond donors (Lipinski definition) is 1. The third-order valence-electron chi connectivity index (χ3n) is 3.19. The zero-order chi connectivity index (χ0) is 13.8. The molecule has 1 aliphatic heterocycles. The molecule has 1 aromatic rings. The van der Waals surface area contributed by atoms with Gasteiger partial charge in [0.1, 0.15) is 18.8 Å². The largest absolute Gasteiger partial charge is 0.388 e. The minimum Gasteiger partial charge on any atom is -0.388 e. The summed E-state index contributed by atoms with van der Waals surface area (Å²) in [6, 6.07) is 0. The molecule has 2 heterocycles. The number of imidazole rings is 1. The number of rotatable bonds is 5. The van der Waals surface area contributed by atoms with Crippen molar-refractivity contribution >= 4 is 5.82 Å². The first kappa shape index (κ1) is 13.9. The van der Waals surface area contributed by atoms with Gasteiger partial charge in [0.25, 0.3) is 0 Å². The Morgan fingerprint density at radius 1 is 1.53 bits per heavy atom. The van der Waals surface area contributed by atoms with Crippen molar-refractivity contribution in [3.63, 3.8) is 0 Å². The molecular weight excluding hydrogens is 252 g/mol. The van der Waals surface area contributed by atoms with Crippen LogP contribution in [0.1, 0.15) is 5.82 Å². The Bertz CT molecular complexity index is 442. The van der Waals surface area contributed by atoms with Crippen molar-refractivity contribution < 1.29 is 14.8 Å².